The van der Waals surface area contributed by atoms with Crippen LogP contribution >= 0.6 is 0 Å². The Morgan fingerprint density at radius 1 is 1.30 bits per heavy atom. The van der Waals surface area contributed by atoms with Gasteiger partial charge in [-0.1, -0.05) is 17.7 Å². The predicted molar refractivity (Wildman–Crippen MR) is 78.0 cm³/mol. The molecule has 2 fully saturated rings. The predicted octanol–water partition coefficient (Wildman–Crippen LogP) is 2.00. The summed E-state index contributed by atoms with van der Waals surface area (Å²) in [5.41, 5.74) is 2.67. The number of aliphatic hydroxyl groups is 1. The molecule has 1 aromatic rings. The number of ether oxygens (including phenoxy) is 1. The van der Waals surface area contributed by atoms with Crippen LogP contribution in [-0.4, -0.2) is 41.8 Å². The molecule has 3 heteroatoms. The first-order valence-electron chi connectivity index (χ1n) is 7.85. The summed E-state index contributed by atoms with van der Waals surface area (Å²) in [6, 6.07) is 6.47. The maximum atomic E-state index is 9.99. The van der Waals surface area contributed by atoms with Crippen molar-refractivity contribution in [3.05, 3.63) is 29.3 Å². The highest BCUT2D eigenvalue weighted by molar-refractivity contribution is 5.40. The molecular formula is C17H23NO2. The van der Waals surface area contributed by atoms with E-state index in [0.717, 1.165) is 44.1 Å². The molecule has 3 nitrogen and oxygen atoms in total. The Morgan fingerprint density at radius 3 is 3.05 bits per heavy atom. The van der Waals surface area contributed by atoms with Gasteiger partial charge in [-0.15, -0.1) is 0 Å². The minimum atomic E-state index is -0.0608. The van der Waals surface area contributed by atoms with Crippen molar-refractivity contribution in [2.45, 2.75) is 38.4 Å². The molecule has 1 N–H and O–H groups in total. The summed E-state index contributed by atoms with van der Waals surface area (Å²) in [6.45, 7) is 5.35. The lowest BCUT2D eigenvalue weighted by atomic mass is 10.00. The van der Waals surface area contributed by atoms with Crippen LogP contribution in [0.1, 0.15) is 24.0 Å². The average molecular weight is 273 g/mol. The van der Waals surface area contributed by atoms with Gasteiger partial charge in [-0.25, -0.2) is 0 Å². The van der Waals surface area contributed by atoms with Gasteiger partial charge in [0.05, 0.1) is 6.10 Å². The smallest absolute Gasteiger partial charge is 0.123 e. The van der Waals surface area contributed by atoms with Crippen LogP contribution in [0.15, 0.2) is 18.2 Å². The highest BCUT2D eigenvalue weighted by atomic mass is 16.5. The highest BCUT2D eigenvalue weighted by Gasteiger charge is 2.42. The van der Waals surface area contributed by atoms with E-state index >= 15 is 0 Å². The van der Waals surface area contributed by atoms with Crippen molar-refractivity contribution >= 4 is 0 Å². The van der Waals surface area contributed by atoms with Gasteiger partial charge in [0.2, 0.25) is 0 Å². The van der Waals surface area contributed by atoms with Crippen LogP contribution in [0.4, 0.5) is 0 Å². The van der Waals surface area contributed by atoms with Crippen LogP contribution in [0.3, 0.4) is 0 Å². The molecule has 1 aliphatic carbocycles. The SMILES string of the molecule is Cc1ccc2c(c1)CC(CN1CC3CCC(O)C3C1)O2. The summed E-state index contributed by atoms with van der Waals surface area (Å²) in [6.07, 6.45) is 3.48. The average Bonchev–Trinajstić information content (AvgIpc) is 3.06. The lowest BCUT2D eigenvalue weighted by Gasteiger charge is -2.21. The Hall–Kier alpha value is -1.06. The van der Waals surface area contributed by atoms with E-state index in [9.17, 15) is 5.11 Å². The summed E-state index contributed by atoms with van der Waals surface area (Å²) in [7, 11) is 0. The summed E-state index contributed by atoms with van der Waals surface area (Å²) in [5.74, 6) is 2.30. The molecule has 0 bridgehead atoms. The molecule has 1 aromatic carbocycles. The number of aryl methyl sites for hydroxylation is 1. The molecule has 4 atom stereocenters. The molecule has 20 heavy (non-hydrogen) atoms. The monoisotopic (exact) mass is 273 g/mol. The van der Waals surface area contributed by atoms with E-state index < -0.39 is 0 Å². The molecule has 4 unspecified atom stereocenters. The molecule has 1 saturated heterocycles. The van der Waals surface area contributed by atoms with Gasteiger partial charge in [-0.3, -0.25) is 4.90 Å². The van der Waals surface area contributed by atoms with Gasteiger partial charge in [-0.2, -0.15) is 0 Å². The number of hydrogen-bond donors (Lipinski definition) is 1. The van der Waals surface area contributed by atoms with Crippen molar-refractivity contribution in [2.75, 3.05) is 19.6 Å². The maximum Gasteiger partial charge on any atom is 0.123 e. The van der Waals surface area contributed by atoms with Crippen LogP contribution in [0.25, 0.3) is 0 Å². The van der Waals surface area contributed by atoms with E-state index in [1.54, 1.807) is 0 Å². The fourth-order valence-electron chi connectivity index (χ4n) is 4.32. The Balaban J connectivity index is 1.38. The first-order chi connectivity index (χ1) is 9.69. The third kappa shape index (κ3) is 2.13. The van der Waals surface area contributed by atoms with Gasteiger partial charge < -0.3 is 9.84 Å². The fraction of sp³-hybridized carbons (Fsp3) is 0.647. The van der Waals surface area contributed by atoms with Crippen molar-refractivity contribution in [1.29, 1.82) is 0 Å². The lowest BCUT2D eigenvalue weighted by Crippen LogP contribution is -2.34. The fourth-order valence-corrected chi connectivity index (χ4v) is 4.32. The van der Waals surface area contributed by atoms with Crippen LogP contribution in [0.2, 0.25) is 0 Å². The Morgan fingerprint density at radius 2 is 2.20 bits per heavy atom. The molecule has 2 aliphatic heterocycles. The number of rotatable bonds is 2. The summed E-state index contributed by atoms with van der Waals surface area (Å²) < 4.78 is 6.07. The van der Waals surface area contributed by atoms with E-state index in [1.165, 1.54) is 17.5 Å². The number of likely N-dealkylation sites (tertiary alicyclic amines) is 1. The maximum absolute atomic E-state index is 9.99. The van der Waals surface area contributed by atoms with Crippen molar-refractivity contribution in [3.63, 3.8) is 0 Å². The minimum absolute atomic E-state index is 0.0608. The van der Waals surface area contributed by atoms with E-state index in [1.807, 2.05) is 0 Å². The summed E-state index contributed by atoms with van der Waals surface area (Å²) in [5, 5.41) is 9.99. The van der Waals surface area contributed by atoms with Gasteiger partial charge in [0.1, 0.15) is 11.9 Å². The number of hydrogen-bond acceptors (Lipinski definition) is 3. The summed E-state index contributed by atoms with van der Waals surface area (Å²) >= 11 is 0. The zero-order valence-corrected chi connectivity index (χ0v) is 12.1. The molecular weight excluding hydrogens is 250 g/mol. The van der Waals surface area contributed by atoms with Gasteiger partial charge in [0, 0.05) is 32.0 Å². The summed E-state index contributed by atoms with van der Waals surface area (Å²) in [4.78, 5) is 2.50. The van der Waals surface area contributed by atoms with E-state index in [4.69, 9.17) is 4.74 Å². The first kappa shape index (κ1) is 12.7. The van der Waals surface area contributed by atoms with Crippen molar-refractivity contribution in [1.82, 2.24) is 4.90 Å². The normalized spacial score (nSPS) is 35.9. The molecule has 0 spiro atoms. The molecule has 4 rings (SSSR count). The Labute approximate surface area is 120 Å². The van der Waals surface area contributed by atoms with Gasteiger partial charge >= 0.3 is 0 Å². The van der Waals surface area contributed by atoms with Gasteiger partial charge in [0.25, 0.3) is 0 Å². The van der Waals surface area contributed by atoms with Crippen molar-refractivity contribution in [3.8, 4) is 5.75 Å². The van der Waals surface area contributed by atoms with Gasteiger partial charge in [0.15, 0.2) is 0 Å². The Kier molecular flexibility index (Phi) is 3.00. The lowest BCUT2D eigenvalue weighted by molar-refractivity contribution is 0.114. The standard InChI is InChI=1S/C17H23NO2/c1-11-2-5-17-13(6-11)7-14(20-17)9-18-8-12-3-4-16(19)15(12)10-18/h2,5-6,12,14-16,19H,3-4,7-10H2,1H3. The number of aliphatic hydroxyl groups excluding tert-OH is 1. The third-order valence-corrected chi connectivity index (χ3v) is 5.31. The van der Waals surface area contributed by atoms with Crippen molar-refractivity contribution in [2.24, 2.45) is 11.8 Å². The van der Waals surface area contributed by atoms with E-state index in [0.29, 0.717) is 12.0 Å². The van der Waals surface area contributed by atoms with Crippen LogP contribution in [0.5, 0.6) is 5.75 Å². The van der Waals surface area contributed by atoms with Crippen LogP contribution in [-0.2, 0) is 6.42 Å². The number of fused-ring (bicyclic) bond motifs is 2. The molecule has 2 heterocycles. The molecule has 3 aliphatic rings. The largest absolute Gasteiger partial charge is 0.488 e. The van der Waals surface area contributed by atoms with Crippen molar-refractivity contribution < 1.29 is 9.84 Å². The number of nitrogens with zero attached hydrogens (tertiary/aromatic N) is 1. The first-order valence-corrected chi connectivity index (χ1v) is 7.85. The zero-order chi connectivity index (χ0) is 13.7. The second-order valence-electron chi connectivity index (χ2n) is 6.84. The molecule has 0 aromatic heterocycles. The zero-order valence-electron chi connectivity index (χ0n) is 12.1. The molecule has 0 amide bonds. The van der Waals surface area contributed by atoms with Gasteiger partial charge in [-0.05, 0) is 37.3 Å². The molecule has 108 valence electrons. The molecule has 0 radical (unpaired) electrons. The minimum Gasteiger partial charge on any atom is -0.488 e. The number of benzene rings is 1. The third-order valence-electron chi connectivity index (χ3n) is 5.31. The second kappa shape index (κ2) is 4.74. The van der Waals surface area contributed by atoms with Crippen LogP contribution < -0.4 is 4.74 Å². The van der Waals surface area contributed by atoms with E-state index in [2.05, 4.69) is 30.0 Å². The highest BCUT2D eigenvalue weighted by Crippen LogP contribution is 2.38. The molecule has 1 saturated carbocycles. The van der Waals surface area contributed by atoms with E-state index in [-0.39, 0.29) is 6.10 Å². The van der Waals surface area contributed by atoms with Crippen LogP contribution in [0, 0.1) is 18.8 Å². The quantitative estimate of drug-likeness (QED) is 0.894. The second-order valence-corrected chi connectivity index (χ2v) is 6.84. The Bertz CT molecular complexity index is 516. The topological polar surface area (TPSA) is 32.7 Å².